The molecule has 2 atom stereocenters. The maximum Gasteiger partial charge on any atom is 0.319 e. The Hall–Kier alpha value is -2.04. The van der Waals surface area contributed by atoms with Gasteiger partial charge in [-0.3, -0.25) is 4.79 Å². The molecule has 1 aromatic carbocycles. The van der Waals surface area contributed by atoms with E-state index in [4.69, 9.17) is 5.73 Å². The Kier molecular flexibility index (Phi) is 4.61. The number of benzene rings is 1. The van der Waals surface area contributed by atoms with Crippen LogP contribution in [0.25, 0.3) is 0 Å². The first kappa shape index (κ1) is 14.4. The van der Waals surface area contributed by atoms with Gasteiger partial charge in [0.25, 0.3) is 0 Å². The molecule has 1 aromatic rings. The van der Waals surface area contributed by atoms with Gasteiger partial charge in [0.1, 0.15) is 0 Å². The summed E-state index contributed by atoms with van der Waals surface area (Å²) in [5, 5.41) is 5.72. The molecule has 3 amide bonds. The van der Waals surface area contributed by atoms with Gasteiger partial charge in [-0.15, -0.1) is 0 Å². The van der Waals surface area contributed by atoms with Gasteiger partial charge in [-0.2, -0.15) is 0 Å². The van der Waals surface area contributed by atoms with E-state index in [0.29, 0.717) is 17.2 Å². The molecule has 2 rings (SSSR count). The first-order valence-corrected chi connectivity index (χ1v) is 7.02. The number of hydrogen-bond acceptors (Lipinski definition) is 2. The fraction of sp³-hybridized carbons (Fsp3) is 0.467. The van der Waals surface area contributed by atoms with Crippen molar-refractivity contribution in [2.24, 2.45) is 11.7 Å². The zero-order chi connectivity index (χ0) is 14.5. The van der Waals surface area contributed by atoms with Crippen molar-refractivity contribution in [3.05, 3.63) is 29.8 Å². The van der Waals surface area contributed by atoms with Crippen LogP contribution in [-0.4, -0.2) is 18.0 Å². The Labute approximate surface area is 118 Å². The number of carbonyl (C=O) groups excluding carboxylic acids is 2. The lowest BCUT2D eigenvalue weighted by molar-refractivity contribution is 0.1000. The molecule has 108 valence electrons. The second-order valence-electron chi connectivity index (χ2n) is 5.51. The van der Waals surface area contributed by atoms with Crippen LogP contribution < -0.4 is 16.4 Å². The second kappa shape index (κ2) is 6.41. The molecule has 5 nitrogen and oxygen atoms in total. The molecule has 0 spiro atoms. The van der Waals surface area contributed by atoms with Crippen LogP contribution in [0.4, 0.5) is 10.5 Å². The maximum absolute atomic E-state index is 11.9. The molecule has 0 aliphatic heterocycles. The van der Waals surface area contributed by atoms with Crippen LogP contribution in [0.3, 0.4) is 0 Å². The van der Waals surface area contributed by atoms with Gasteiger partial charge in [-0.25, -0.2) is 4.79 Å². The van der Waals surface area contributed by atoms with E-state index < -0.39 is 5.91 Å². The van der Waals surface area contributed by atoms with Gasteiger partial charge in [-0.1, -0.05) is 25.8 Å². The fourth-order valence-corrected chi connectivity index (χ4v) is 2.67. The van der Waals surface area contributed by atoms with Gasteiger partial charge in [0.15, 0.2) is 0 Å². The normalized spacial score (nSPS) is 22.1. The minimum Gasteiger partial charge on any atom is -0.366 e. The summed E-state index contributed by atoms with van der Waals surface area (Å²) in [5.74, 6) is 0.155. The highest BCUT2D eigenvalue weighted by Gasteiger charge is 2.20. The van der Waals surface area contributed by atoms with Crippen molar-refractivity contribution < 1.29 is 9.59 Å². The molecule has 20 heavy (non-hydrogen) atoms. The number of nitrogens with one attached hydrogen (secondary N) is 2. The molecule has 0 aromatic heterocycles. The second-order valence-corrected chi connectivity index (χ2v) is 5.51. The third kappa shape index (κ3) is 3.98. The van der Waals surface area contributed by atoms with E-state index >= 15 is 0 Å². The SMILES string of the molecule is C[C@@H]1CCC[C@@H](NC(=O)Nc2cccc(C(N)=O)c2)C1. The van der Waals surface area contributed by atoms with Crippen LogP contribution in [-0.2, 0) is 0 Å². The summed E-state index contributed by atoms with van der Waals surface area (Å²) in [6.45, 7) is 2.21. The largest absolute Gasteiger partial charge is 0.366 e. The quantitative estimate of drug-likeness (QED) is 0.791. The molecule has 1 saturated carbocycles. The molecule has 0 saturated heterocycles. The number of nitrogens with two attached hydrogens (primary N) is 1. The number of hydrogen-bond donors (Lipinski definition) is 3. The van der Waals surface area contributed by atoms with Gasteiger partial charge >= 0.3 is 6.03 Å². The first-order valence-electron chi connectivity index (χ1n) is 7.02. The molecule has 1 aliphatic rings. The van der Waals surface area contributed by atoms with Gasteiger partial charge in [0.05, 0.1) is 0 Å². The van der Waals surface area contributed by atoms with Gasteiger partial charge < -0.3 is 16.4 Å². The number of amides is 3. The standard InChI is InChI=1S/C15H21N3O2/c1-10-4-2-6-12(8-10)17-15(20)18-13-7-3-5-11(9-13)14(16)19/h3,5,7,9-10,12H,2,4,6,8H2,1H3,(H2,16,19)(H2,17,18,20)/t10-,12-/m1/s1. The van der Waals surface area contributed by atoms with Crippen molar-refractivity contribution in [1.82, 2.24) is 5.32 Å². The van der Waals surface area contributed by atoms with E-state index in [1.165, 1.54) is 6.42 Å². The highest BCUT2D eigenvalue weighted by molar-refractivity contribution is 5.95. The average molecular weight is 275 g/mol. The summed E-state index contributed by atoms with van der Waals surface area (Å²) < 4.78 is 0. The van der Waals surface area contributed by atoms with Gasteiger partial charge in [-0.05, 0) is 37.0 Å². The summed E-state index contributed by atoms with van der Waals surface area (Å²) in [7, 11) is 0. The number of primary amides is 1. The van der Waals surface area contributed by atoms with E-state index in [1.807, 2.05) is 0 Å². The Morgan fingerprint density at radius 2 is 2.10 bits per heavy atom. The van der Waals surface area contributed by atoms with E-state index in [1.54, 1.807) is 24.3 Å². The van der Waals surface area contributed by atoms with Gasteiger partial charge in [0.2, 0.25) is 5.91 Å². The topological polar surface area (TPSA) is 84.2 Å². The summed E-state index contributed by atoms with van der Waals surface area (Å²) in [4.78, 5) is 23.0. The minimum atomic E-state index is -0.504. The average Bonchev–Trinajstić information content (AvgIpc) is 2.38. The lowest BCUT2D eigenvalue weighted by Gasteiger charge is -2.27. The van der Waals surface area contributed by atoms with Crippen molar-refractivity contribution in [2.75, 3.05) is 5.32 Å². The predicted molar refractivity (Wildman–Crippen MR) is 78.5 cm³/mol. The molecule has 4 N–H and O–H groups in total. The van der Waals surface area contributed by atoms with E-state index in [0.717, 1.165) is 19.3 Å². The number of rotatable bonds is 3. The Morgan fingerprint density at radius 1 is 1.30 bits per heavy atom. The summed E-state index contributed by atoms with van der Waals surface area (Å²) in [6.07, 6.45) is 4.44. The molecule has 1 aliphatic carbocycles. The van der Waals surface area contributed by atoms with Crippen LogP contribution in [0, 0.1) is 5.92 Å². The monoisotopic (exact) mass is 275 g/mol. The zero-order valence-corrected chi connectivity index (χ0v) is 11.7. The van der Waals surface area contributed by atoms with Crippen LogP contribution in [0.5, 0.6) is 0 Å². The lowest BCUT2D eigenvalue weighted by atomic mass is 9.87. The van der Waals surface area contributed by atoms with Crippen molar-refractivity contribution in [3.63, 3.8) is 0 Å². The molecule has 1 fully saturated rings. The first-order chi connectivity index (χ1) is 9.54. The molecule has 5 heteroatoms. The van der Waals surface area contributed by atoms with E-state index in [9.17, 15) is 9.59 Å². The van der Waals surface area contributed by atoms with E-state index in [-0.39, 0.29) is 12.1 Å². The third-order valence-electron chi connectivity index (χ3n) is 3.68. The lowest BCUT2D eigenvalue weighted by Crippen LogP contribution is -2.40. The smallest absolute Gasteiger partial charge is 0.319 e. The van der Waals surface area contributed by atoms with E-state index in [2.05, 4.69) is 17.6 Å². The Morgan fingerprint density at radius 3 is 2.80 bits per heavy atom. The number of anilines is 1. The predicted octanol–water partition coefficient (Wildman–Crippen LogP) is 2.49. The van der Waals surface area contributed by atoms with Crippen LogP contribution >= 0.6 is 0 Å². The summed E-state index contributed by atoms with van der Waals surface area (Å²) in [5.41, 5.74) is 6.17. The molecule has 0 heterocycles. The third-order valence-corrected chi connectivity index (χ3v) is 3.68. The Balaban J connectivity index is 1.91. The summed E-state index contributed by atoms with van der Waals surface area (Å²) in [6, 6.07) is 6.62. The van der Waals surface area contributed by atoms with Crippen molar-refractivity contribution >= 4 is 17.6 Å². The van der Waals surface area contributed by atoms with Crippen molar-refractivity contribution in [2.45, 2.75) is 38.6 Å². The highest BCUT2D eigenvalue weighted by atomic mass is 16.2. The fourth-order valence-electron chi connectivity index (χ4n) is 2.67. The van der Waals surface area contributed by atoms with Gasteiger partial charge in [0, 0.05) is 17.3 Å². The summed E-state index contributed by atoms with van der Waals surface area (Å²) >= 11 is 0. The molecule has 0 bridgehead atoms. The maximum atomic E-state index is 11.9. The van der Waals surface area contributed by atoms with Crippen LogP contribution in [0.15, 0.2) is 24.3 Å². The molecular weight excluding hydrogens is 254 g/mol. The van der Waals surface area contributed by atoms with Crippen LogP contribution in [0.2, 0.25) is 0 Å². The molecule has 0 unspecified atom stereocenters. The minimum absolute atomic E-state index is 0.231. The van der Waals surface area contributed by atoms with Crippen molar-refractivity contribution in [3.8, 4) is 0 Å². The van der Waals surface area contributed by atoms with Crippen LogP contribution in [0.1, 0.15) is 43.0 Å². The number of urea groups is 1. The molecular formula is C15H21N3O2. The zero-order valence-electron chi connectivity index (χ0n) is 11.7. The molecule has 0 radical (unpaired) electrons. The highest BCUT2D eigenvalue weighted by Crippen LogP contribution is 2.23. The number of carbonyl (C=O) groups is 2. The van der Waals surface area contributed by atoms with Crippen molar-refractivity contribution in [1.29, 1.82) is 0 Å². The Bertz CT molecular complexity index is 502.